The van der Waals surface area contributed by atoms with Crippen molar-refractivity contribution < 1.29 is 28.5 Å². The molecular formula is C28H32I2O6. The van der Waals surface area contributed by atoms with Crippen molar-refractivity contribution >= 4 is 79.0 Å². The zero-order valence-corrected chi connectivity index (χ0v) is 25.4. The van der Waals surface area contributed by atoms with Crippen molar-refractivity contribution in [1.82, 2.24) is 0 Å². The van der Waals surface area contributed by atoms with Gasteiger partial charge in [0.25, 0.3) is 0 Å². The van der Waals surface area contributed by atoms with Crippen molar-refractivity contribution in [1.29, 1.82) is 0 Å². The maximum absolute atomic E-state index is 12.8. The lowest BCUT2D eigenvalue weighted by atomic mass is 9.98. The summed E-state index contributed by atoms with van der Waals surface area (Å²) in [6.45, 7) is 8.10. The Hall–Kier alpha value is -1.82. The summed E-state index contributed by atoms with van der Waals surface area (Å²) in [5, 5.41) is 2.60. The van der Waals surface area contributed by atoms with Crippen molar-refractivity contribution in [3.05, 3.63) is 47.5 Å². The molecule has 0 fully saturated rings. The molecule has 0 aromatic heterocycles. The van der Waals surface area contributed by atoms with Gasteiger partial charge in [-0.15, -0.1) is 0 Å². The maximum Gasteiger partial charge on any atom is 0.514 e. The second kappa shape index (κ2) is 13.6. The second-order valence-electron chi connectivity index (χ2n) is 8.80. The van der Waals surface area contributed by atoms with Gasteiger partial charge < -0.3 is 18.9 Å². The molecule has 0 amide bonds. The average molecular weight is 718 g/mol. The average Bonchev–Trinajstić information content (AvgIpc) is 2.83. The zero-order chi connectivity index (χ0) is 26.2. The van der Waals surface area contributed by atoms with Crippen LogP contribution in [0.15, 0.2) is 36.4 Å². The highest BCUT2D eigenvalue weighted by Crippen LogP contribution is 2.44. The molecule has 0 saturated heterocycles. The van der Waals surface area contributed by atoms with E-state index < -0.39 is 12.3 Å². The number of fused-ring (bicyclic) bond motifs is 2. The quantitative estimate of drug-likeness (QED) is 0.0684. The summed E-state index contributed by atoms with van der Waals surface area (Å²) >= 11 is 4.22. The molecule has 3 rings (SSSR count). The molecule has 0 saturated carbocycles. The van der Waals surface area contributed by atoms with Crippen LogP contribution in [0.2, 0.25) is 0 Å². The summed E-state index contributed by atoms with van der Waals surface area (Å²) in [7, 11) is 0. The molecule has 2 atom stereocenters. The molecule has 0 spiro atoms. The van der Waals surface area contributed by atoms with E-state index in [-0.39, 0.29) is 8.22 Å². The Morgan fingerprint density at radius 1 is 0.694 bits per heavy atom. The van der Waals surface area contributed by atoms with Crippen molar-refractivity contribution in [3.8, 4) is 11.5 Å². The lowest BCUT2D eigenvalue weighted by molar-refractivity contribution is 0.0906. The van der Waals surface area contributed by atoms with Gasteiger partial charge in [0.05, 0.1) is 0 Å². The van der Waals surface area contributed by atoms with Gasteiger partial charge in [0.2, 0.25) is 0 Å². The lowest BCUT2D eigenvalue weighted by Gasteiger charge is -2.18. The second-order valence-corrected chi connectivity index (χ2v) is 11.6. The minimum atomic E-state index is -0.758. The Labute approximate surface area is 239 Å². The predicted octanol–water partition coefficient (Wildman–Crippen LogP) is 9.54. The Morgan fingerprint density at radius 2 is 1.08 bits per heavy atom. The third-order valence-corrected chi connectivity index (χ3v) is 7.47. The number of carbonyl (C=O) groups is 2. The molecule has 194 valence electrons. The fraction of sp³-hybridized carbons (Fsp3) is 0.429. The number of aryl methyl sites for hydroxylation is 2. The van der Waals surface area contributed by atoms with E-state index in [2.05, 4.69) is 59.0 Å². The maximum atomic E-state index is 12.8. The number of rotatable bonds is 10. The van der Waals surface area contributed by atoms with Crippen LogP contribution in [0.1, 0.15) is 63.5 Å². The van der Waals surface area contributed by atoms with Crippen LogP contribution in [0.3, 0.4) is 0 Å². The van der Waals surface area contributed by atoms with Crippen LogP contribution < -0.4 is 9.47 Å². The zero-order valence-electron chi connectivity index (χ0n) is 21.1. The molecule has 2 unspecified atom stereocenters. The molecule has 6 nitrogen and oxygen atoms in total. The molecule has 0 aliphatic carbocycles. The number of alkyl halides is 2. The molecule has 3 aromatic rings. The van der Waals surface area contributed by atoms with Crippen LogP contribution in [0, 0.1) is 13.8 Å². The van der Waals surface area contributed by atoms with Crippen LogP contribution in [-0.4, -0.2) is 20.5 Å². The minimum absolute atomic E-state index is 0.275. The number of unbranched alkanes of at least 4 members (excludes halogenated alkanes) is 2. The van der Waals surface area contributed by atoms with E-state index >= 15 is 0 Å². The SMILES string of the molecule is CCCCC(I)OC(=O)Oc1c2ccc(C)cc2c(OC(=O)OC(I)CCCC)c2cc(C)ccc12. The van der Waals surface area contributed by atoms with Gasteiger partial charge in [-0.2, -0.15) is 0 Å². The smallest absolute Gasteiger partial charge is 0.420 e. The van der Waals surface area contributed by atoms with Crippen LogP contribution in [0.25, 0.3) is 21.5 Å². The van der Waals surface area contributed by atoms with E-state index in [1.807, 2.05) is 50.2 Å². The molecule has 36 heavy (non-hydrogen) atoms. The highest BCUT2D eigenvalue weighted by Gasteiger charge is 2.23. The minimum Gasteiger partial charge on any atom is -0.420 e. The van der Waals surface area contributed by atoms with Gasteiger partial charge >= 0.3 is 12.3 Å². The Morgan fingerprint density at radius 3 is 1.47 bits per heavy atom. The normalized spacial score (nSPS) is 12.8. The van der Waals surface area contributed by atoms with Gasteiger partial charge in [0.1, 0.15) is 11.5 Å². The molecule has 0 heterocycles. The number of carbonyl (C=O) groups excluding carboxylic acids is 2. The van der Waals surface area contributed by atoms with Crippen molar-refractivity contribution in [2.75, 3.05) is 0 Å². The first kappa shape index (κ1) is 28.7. The van der Waals surface area contributed by atoms with Crippen molar-refractivity contribution in [3.63, 3.8) is 0 Å². The number of halogens is 2. The molecule has 8 heteroatoms. The van der Waals surface area contributed by atoms with E-state index in [0.29, 0.717) is 33.0 Å². The van der Waals surface area contributed by atoms with Crippen LogP contribution in [0.5, 0.6) is 11.5 Å². The Kier molecular flexibility index (Phi) is 10.9. The van der Waals surface area contributed by atoms with Gasteiger partial charge in [-0.05, 0) is 96.8 Å². The number of benzene rings is 3. The molecule has 0 bridgehead atoms. The number of ether oxygens (including phenoxy) is 4. The van der Waals surface area contributed by atoms with E-state index in [9.17, 15) is 9.59 Å². The standard InChI is InChI=1S/C28H32I2O6/c1-5-7-9-23(29)33-27(31)35-25-19-13-11-17(3)15-21(19)26(22-16-18(4)12-14-20(22)25)36-28(32)34-24(30)10-8-6-2/h11-16,23-24H,5-10H2,1-4H3. The van der Waals surface area contributed by atoms with Crippen LogP contribution >= 0.6 is 45.2 Å². The Bertz CT molecular complexity index is 1160. The van der Waals surface area contributed by atoms with Gasteiger partial charge in [0, 0.05) is 21.5 Å². The van der Waals surface area contributed by atoms with E-state index in [1.165, 1.54) is 0 Å². The third-order valence-electron chi connectivity index (χ3n) is 5.72. The van der Waals surface area contributed by atoms with Crippen LogP contribution in [0.4, 0.5) is 9.59 Å². The van der Waals surface area contributed by atoms with Crippen molar-refractivity contribution in [2.45, 2.75) is 74.4 Å². The first-order valence-corrected chi connectivity index (χ1v) is 14.7. The largest absolute Gasteiger partial charge is 0.514 e. The molecule has 0 radical (unpaired) electrons. The van der Waals surface area contributed by atoms with E-state index in [0.717, 1.165) is 49.7 Å². The Balaban J connectivity index is 2.05. The highest BCUT2D eigenvalue weighted by molar-refractivity contribution is 14.1. The van der Waals surface area contributed by atoms with Crippen LogP contribution in [-0.2, 0) is 9.47 Å². The summed E-state index contributed by atoms with van der Waals surface area (Å²) in [5.74, 6) is 0.756. The summed E-state index contributed by atoms with van der Waals surface area (Å²) in [4.78, 5) is 25.5. The molecular weight excluding hydrogens is 686 g/mol. The lowest BCUT2D eigenvalue weighted by Crippen LogP contribution is -2.17. The molecule has 0 aliphatic heterocycles. The first-order chi connectivity index (χ1) is 17.2. The summed E-state index contributed by atoms with van der Waals surface area (Å²) in [6, 6.07) is 11.4. The molecule has 3 aromatic carbocycles. The number of hydrogen-bond donors (Lipinski definition) is 0. The topological polar surface area (TPSA) is 71.1 Å². The molecule has 0 aliphatic rings. The fourth-order valence-corrected chi connectivity index (χ4v) is 5.16. The summed E-state index contributed by atoms with van der Waals surface area (Å²) in [6.07, 6.45) is 3.97. The van der Waals surface area contributed by atoms with Gasteiger partial charge in [-0.1, -0.05) is 62.1 Å². The third kappa shape index (κ3) is 7.60. The first-order valence-electron chi connectivity index (χ1n) is 12.2. The summed E-state index contributed by atoms with van der Waals surface area (Å²) < 4.78 is 22.1. The van der Waals surface area contributed by atoms with E-state index in [1.54, 1.807) is 0 Å². The monoisotopic (exact) mass is 718 g/mol. The number of hydrogen-bond acceptors (Lipinski definition) is 6. The van der Waals surface area contributed by atoms with Gasteiger partial charge in [-0.3, -0.25) is 0 Å². The summed E-state index contributed by atoms with van der Waals surface area (Å²) in [5.41, 5.74) is 1.95. The van der Waals surface area contributed by atoms with E-state index in [4.69, 9.17) is 18.9 Å². The van der Waals surface area contributed by atoms with Crippen molar-refractivity contribution in [2.24, 2.45) is 0 Å². The predicted molar refractivity (Wildman–Crippen MR) is 160 cm³/mol. The fourth-order valence-electron chi connectivity index (χ4n) is 3.87. The highest BCUT2D eigenvalue weighted by atomic mass is 127. The van der Waals surface area contributed by atoms with Gasteiger partial charge in [0.15, 0.2) is 8.22 Å². The molecule has 0 N–H and O–H groups in total. The van der Waals surface area contributed by atoms with Gasteiger partial charge in [-0.25, -0.2) is 9.59 Å².